The topological polar surface area (TPSA) is 294 Å². The quantitative estimate of drug-likeness (QED) is 0.0424. The van der Waals surface area contributed by atoms with Gasteiger partial charge in [-0.1, -0.05) is 84.0 Å². The first kappa shape index (κ1) is 50.5. The minimum absolute atomic E-state index is 0.0321. The van der Waals surface area contributed by atoms with E-state index in [4.69, 9.17) is 45.1 Å². The molecule has 3 atom stereocenters. The molecule has 2 rings (SSSR count). The zero-order chi connectivity index (χ0) is 41.0. The van der Waals surface area contributed by atoms with Crippen LogP contribution >= 0.6 is 15.2 Å². The van der Waals surface area contributed by atoms with Crippen LogP contribution in [0.15, 0.2) is 34.1 Å². The number of hydrogen-bond donors (Lipinski definition) is 7. The first-order valence-corrected chi connectivity index (χ1v) is 22.4. The Labute approximate surface area is 323 Å². The second-order valence-corrected chi connectivity index (χ2v) is 16.5. The van der Waals surface area contributed by atoms with E-state index in [1.165, 1.54) is 106 Å². The maximum atomic E-state index is 12.2. The number of aromatic nitrogens is 4. The summed E-state index contributed by atoms with van der Waals surface area (Å²) in [4.78, 5) is 57.4. The first-order valence-electron chi connectivity index (χ1n) is 18.9. The van der Waals surface area contributed by atoms with Crippen molar-refractivity contribution in [3.05, 3.63) is 45.5 Å². The fourth-order valence-electron chi connectivity index (χ4n) is 5.06. The number of nitrogens with zero attached hydrogens (tertiary/aromatic N) is 4. The Balaban J connectivity index is 0.000000699. The summed E-state index contributed by atoms with van der Waals surface area (Å²) in [5.41, 5.74) is 9.52. The molecule has 19 nitrogen and oxygen atoms in total. The maximum Gasteiger partial charge on any atom is 0.353 e. The van der Waals surface area contributed by atoms with E-state index in [1.807, 2.05) is 0 Å². The van der Waals surface area contributed by atoms with E-state index in [1.54, 1.807) is 0 Å². The molecule has 0 saturated heterocycles. The number of rotatable bonds is 31. The number of nitrogens with two attached hydrogens (primary N) is 2. The molecule has 21 heteroatoms. The van der Waals surface area contributed by atoms with Crippen molar-refractivity contribution in [3.8, 4) is 0 Å². The highest BCUT2D eigenvalue weighted by Crippen LogP contribution is 2.42. The highest BCUT2D eigenvalue weighted by molar-refractivity contribution is 7.52. The Bertz CT molecular complexity index is 1510. The van der Waals surface area contributed by atoms with Gasteiger partial charge in [0.1, 0.15) is 24.3 Å². The van der Waals surface area contributed by atoms with E-state index in [-0.39, 0.29) is 31.3 Å². The fourth-order valence-corrected chi connectivity index (χ4v) is 6.35. The van der Waals surface area contributed by atoms with Crippen molar-refractivity contribution < 1.29 is 52.8 Å². The van der Waals surface area contributed by atoms with Gasteiger partial charge < -0.3 is 55.1 Å². The molecule has 0 aliphatic rings. The van der Waals surface area contributed by atoms with Crippen LogP contribution in [0.4, 0.5) is 11.6 Å². The Morgan fingerprint density at radius 3 is 1.49 bits per heavy atom. The molecule has 2 aromatic heterocycles. The number of nitrogen functional groups attached to an aromatic ring is 2. The van der Waals surface area contributed by atoms with Crippen LogP contribution in [-0.2, 0) is 41.0 Å². The third-order valence-corrected chi connectivity index (χ3v) is 9.62. The summed E-state index contributed by atoms with van der Waals surface area (Å²) < 4.78 is 45.9. The van der Waals surface area contributed by atoms with Crippen LogP contribution in [0.2, 0.25) is 0 Å². The summed E-state index contributed by atoms with van der Waals surface area (Å²) in [7, 11) is -8.30. The fraction of sp³-hybridized carbons (Fsp3) is 0.765. The number of unbranched alkanes of at least 4 members (excludes halogenated alkanes) is 12. The molecule has 0 bridgehead atoms. The Hall–Kier alpha value is -2.54. The summed E-state index contributed by atoms with van der Waals surface area (Å²) >= 11 is 0. The monoisotopic (exact) mass is 826 g/mol. The van der Waals surface area contributed by atoms with Crippen molar-refractivity contribution in [2.75, 3.05) is 57.2 Å². The predicted molar refractivity (Wildman–Crippen MR) is 208 cm³/mol. The van der Waals surface area contributed by atoms with Gasteiger partial charge in [-0.15, -0.1) is 0 Å². The van der Waals surface area contributed by atoms with Crippen LogP contribution < -0.4 is 22.8 Å². The maximum absolute atomic E-state index is 12.2. The highest BCUT2D eigenvalue weighted by Gasteiger charge is 2.23. The zero-order valence-corrected chi connectivity index (χ0v) is 33.9. The average molecular weight is 827 g/mol. The molecule has 0 aromatic carbocycles. The summed E-state index contributed by atoms with van der Waals surface area (Å²) in [6.07, 6.45) is 17.1. The van der Waals surface area contributed by atoms with E-state index in [2.05, 4.69) is 16.9 Å². The molecule has 1 unspecified atom stereocenters. The van der Waals surface area contributed by atoms with Gasteiger partial charge in [-0.3, -0.25) is 18.3 Å². The van der Waals surface area contributed by atoms with Gasteiger partial charge in [0.25, 0.3) is 0 Å². The van der Waals surface area contributed by atoms with Crippen molar-refractivity contribution in [1.29, 1.82) is 0 Å². The molecule has 0 aliphatic heterocycles. The van der Waals surface area contributed by atoms with Gasteiger partial charge in [-0.05, 0) is 25.0 Å². The van der Waals surface area contributed by atoms with E-state index in [0.717, 1.165) is 11.0 Å². The van der Waals surface area contributed by atoms with Crippen molar-refractivity contribution in [2.24, 2.45) is 0 Å². The van der Waals surface area contributed by atoms with Gasteiger partial charge in [0.15, 0.2) is 0 Å². The van der Waals surface area contributed by atoms with E-state index in [0.29, 0.717) is 19.6 Å². The normalized spacial score (nSPS) is 13.9. The molecular formula is C34H64N6O13P2. The lowest BCUT2D eigenvalue weighted by Crippen LogP contribution is -2.32. The summed E-state index contributed by atoms with van der Waals surface area (Å²) in [6.45, 7) is 2.44. The second-order valence-electron chi connectivity index (χ2n) is 13.1. The van der Waals surface area contributed by atoms with Crippen LogP contribution in [0.25, 0.3) is 0 Å². The molecule has 0 fully saturated rings. The van der Waals surface area contributed by atoms with Crippen molar-refractivity contribution in [3.63, 3.8) is 0 Å². The van der Waals surface area contributed by atoms with Crippen molar-refractivity contribution in [1.82, 2.24) is 19.1 Å². The van der Waals surface area contributed by atoms with E-state index in [9.17, 15) is 28.7 Å². The molecule has 55 heavy (non-hydrogen) atoms. The number of hydrogen-bond acceptors (Lipinski definition) is 14. The number of aliphatic hydroxyl groups excluding tert-OH is 2. The molecule has 0 radical (unpaired) electrons. The molecule has 318 valence electrons. The van der Waals surface area contributed by atoms with E-state index < -0.39 is 64.7 Å². The van der Waals surface area contributed by atoms with Crippen LogP contribution in [-0.4, -0.2) is 102 Å². The lowest BCUT2D eigenvalue weighted by Gasteiger charge is -2.19. The van der Waals surface area contributed by atoms with Crippen molar-refractivity contribution in [2.45, 2.75) is 122 Å². The zero-order valence-electron chi connectivity index (χ0n) is 32.1. The summed E-state index contributed by atoms with van der Waals surface area (Å²) in [6, 6.07) is 2.83. The SMILES string of the molecule is CCCCCCCCCCCCCCCOCCCOP(=O)(O)CO[C@H](CO)Cn1ccc(N)nc1=O.Nc1ccn(C[C@@H](CO)OCP(=O)(O)O)c(=O)n1. The van der Waals surface area contributed by atoms with Crippen LogP contribution in [0.5, 0.6) is 0 Å². The first-order chi connectivity index (χ1) is 26.2. The molecule has 0 amide bonds. The van der Waals surface area contributed by atoms with Gasteiger partial charge in [0.05, 0.1) is 45.1 Å². The van der Waals surface area contributed by atoms with Crippen LogP contribution in [0.1, 0.15) is 96.8 Å². The largest absolute Gasteiger partial charge is 0.394 e. The number of anilines is 2. The Morgan fingerprint density at radius 1 is 0.655 bits per heavy atom. The van der Waals surface area contributed by atoms with Gasteiger partial charge in [0.2, 0.25) is 0 Å². The predicted octanol–water partition coefficient (Wildman–Crippen LogP) is 3.20. The lowest BCUT2D eigenvalue weighted by molar-refractivity contribution is 0.0162. The standard InChI is InChI=1S/C26H50N3O7P.C8H14N3O6P/c1-2-3-4-5-6-7-8-9-10-11-12-13-14-18-34-19-15-20-36-37(32,33)23-35-24(22-30)21-29-17-16-25(27)28-26(29)31;9-7-1-2-11(8(13)10-7)3-6(4-12)17-5-18(14,15)16/h16-17,24,30H,2-15,18-23H2,1H3,(H,32,33)(H2,27,28,31);1-2,6,12H,3-5H2,(H2,9,10,13)(H2,14,15,16)/t24-;6-/m00/s1. The van der Waals surface area contributed by atoms with Crippen molar-refractivity contribution >= 4 is 26.8 Å². The molecule has 2 aromatic rings. The smallest absolute Gasteiger partial charge is 0.353 e. The van der Waals surface area contributed by atoms with Crippen LogP contribution in [0, 0.1) is 0 Å². The molecule has 0 spiro atoms. The molecular weight excluding hydrogens is 762 g/mol. The molecule has 0 aliphatic carbocycles. The van der Waals surface area contributed by atoms with E-state index >= 15 is 0 Å². The number of ether oxygens (including phenoxy) is 3. The summed E-state index contributed by atoms with van der Waals surface area (Å²) in [5, 5.41) is 18.4. The molecule has 2 heterocycles. The Kier molecular flexibility index (Phi) is 27.2. The Morgan fingerprint density at radius 2 is 1.07 bits per heavy atom. The highest BCUT2D eigenvalue weighted by atomic mass is 31.2. The lowest BCUT2D eigenvalue weighted by atomic mass is 10.0. The minimum Gasteiger partial charge on any atom is -0.394 e. The third-order valence-electron chi connectivity index (χ3n) is 8.07. The third kappa shape index (κ3) is 26.9. The average Bonchev–Trinajstić information content (AvgIpc) is 3.13. The van der Waals surface area contributed by atoms with Gasteiger partial charge in [-0.2, -0.15) is 9.97 Å². The minimum atomic E-state index is -4.31. The van der Waals surface area contributed by atoms with Gasteiger partial charge in [-0.25, -0.2) is 9.59 Å². The van der Waals surface area contributed by atoms with Gasteiger partial charge in [0, 0.05) is 25.6 Å². The van der Waals surface area contributed by atoms with Gasteiger partial charge >= 0.3 is 26.6 Å². The number of aliphatic hydroxyl groups is 2. The second kappa shape index (κ2) is 29.7. The summed E-state index contributed by atoms with van der Waals surface area (Å²) in [5.74, 6) is 0.150. The molecule has 0 saturated carbocycles. The molecule has 9 N–H and O–H groups in total. The van der Waals surface area contributed by atoms with Crippen LogP contribution in [0.3, 0.4) is 0 Å².